The van der Waals surface area contributed by atoms with Crippen LogP contribution in [0.3, 0.4) is 0 Å². The number of hydrogen-bond acceptors (Lipinski definition) is 0. The van der Waals surface area contributed by atoms with Gasteiger partial charge in [-0.25, -0.2) is 0 Å². The van der Waals surface area contributed by atoms with Gasteiger partial charge in [-0.05, 0) is 50.4 Å². The zero-order valence-electron chi connectivity index (χ0n) is 5.27. The van der Waals surface area contributed by atoms with Crippen LogP contribution in [0.25, 0.3) is 0 Å². The highest BCUT2D eigenvalue weighted by Crippen LogP contribution is 2.44. The van der Waals surface area contributed by atoms with E-state index in [0.717, 1.165) is 11.8 Å². The summed E-state index contributed by atoms with van der Waals surface area (Å²) in [4.78, 5) is 0. The van der Waals surface area contributed by atoms with Crippen molar-refractivity contribution in [2.24, 2.45) is 11.8 Å². The van der Waals surface area contributed by atoms with E-state index in [1.807, 2.05) is 0 Å². The Morgan fingerprint density at radius 3 is 2.25 bits per heavy atom. The Balaban J connectivity index is 1.92. The lowest BCUT2D eigenvalue weighted by atomic mass is 9.66. The molecule has 0 saturated heterocycles. The van der Waals surface area contributed by atoms with E-state index < -0.39 is 0 Å². The molecular formula is C8H13. The molecule has 0 N–H and O–H groups in total. The molecule has 2 aliphatic rings. The van der Waals surface area contributed by atoms with Crippen molar-refractivity contribution in [1.82, 2.24) is 0 Å². The average molecular weight is 109 g/mol. The Bertz CT molecular complexity index is 74.0. The molecular weight excluding hydrogens is 96.1 g/mol. The second-order valence-electron chi connectivity index (χ2n) is 3.20. The molecule has 0 heterocycles. The van der Waals surface area contributed by atoms with E-state index in [-0.39, 0.29) is 0 Å². The SMILES string of the molecule is [CH]1CCC2CCC2C1. The van der Waals surface area contributed by atoms with Gasteiger partial charge in [0.1, 0.15) is 0 Å². The summed E-state index contributed by atoms with van der Waals surface area (Å²) in [7, 11) is 0. The van der Waals surface area contributed by atoms with Gasteiger partial charge in [0.2, 0.25) is 0 Å². The zero-order chi connectivity index (χ0) is 5.40. The van der Waals surface area contributed by atoms with E-state index in [0.29, 0.717) is 0 Å². The fourth-order valence-electron chi connectivity index (χ4n) is 1.99. The monoisotopic (exact) mass is 109 g/mol. The van der Waals surface area contributed by atoms with Crippen LogP contribution in [-0.2, 0) is 0 Å². The lowest BCUT2D eigenvalue weighted by Crippen LogP contribution is -2.28. The Labute approximate surface area is 51.3 Å². The minimum atomic E-state index is 1.13. The van der Waals surface area contributed by atoms with Gasteiger partial charge in [-0.1, -0.05) is 0 Å². The predicted molar refractivity (Wildman–Crippen MR) is 34.4 cm³/mol. The van der Waals surface area contributed by atoms with Gasteiger partial charge >= 0.3 is 0 Å². The molecule has 2 saturated carbocycles. The van der Waals surface area contributed by atoms with Crippen molar-refractivity contribution in [3.63, 3.8) is 0 Å². The van der Waals surface area contributed by atoms with Gasteiger partial charge < -0.3 is 0 Å². The lowest BCUT2D eigenvalue weighted by Gasteiger charge is -2.40. The standard InChI is InChI=1S/C8H13/c1-2-4-8-6-5-7(8)3-1/h1,7-8H,2-6H2. The van der Waals surface area contributed by atoms with Gasteiger partial charge in [-0.15, -0.1) is 0 Å². The maximum atomic E-state index is 2.47. The van der Waals surface area contributed by atoms with E-state index in [4.69, 9.17) is 0 Å². The van der Waals surface area contributed by atoms with Crippen LogP contribution in [0.1, 0.15) is 32.1 Å². The Kier molecular flexibility index (Phi) is 1.06. The van der Waals surface area contributed by atoms with Crippen molar-refractivity contribution >= 4 is 0 Å². The first-order chi connectivity index (χ1) is 3.97. The zero-order valence-corrected chi connectivity index (χ0v) is 5.27. The minimum Gasteiger partial charge on any atom is -0.0499 e. The largest absolute Gasteiger partial charge is 0.0499 e. The van der Waals surface area contributed by atoms with Crippen LogP contribution < -0.4 is 0 Å². The molecule has 2 aliphatic carbocycles. The highest BCUT2D eigenvalue weighted by atomic mass is 14.4. The van der Waals surface area contributed by atoms with Gasteiger partial charge in [-0.3, -0.25) is 0 Å². The smallest absolute Gasteiger partial charge is 0.0383 e. The van der Waals surface area contributed by atoms with Crippen LogP contribution in [0, 0.1) is 18.3 Å². The highest BCUT2D eigenvalue weighted by molar-refractivity contribution is 4.90. The van der Waals surface area contributed by atoms with Crippen LogP contribution in [0.2, 0.25) is 0 Å². The summed E-state index contributed by atoms with van der Waals surface area (Å²) in [6.07, 6.45) is 9.89. The second-order valence-corrected chi connectivity index (χ2v) is 3.20. The molecule has 8 heavy (non-hydrogen) atoms. The molecule has 0 aromatic rings. The van der Waals surface area contributed by atoms with E-state index in [9.17, 15) is 0 Å². The first-order valence-electron chi connectivity index (χ1n) is 3.78. The third-order valence-electron chi connectivity index (χ3n) is 2.79. The quantitative estimate of drug-likeness (QED) is 0.448. The van der Waals surface area contributed by atoms with Crippen LogP contribution in [0.5, 0.6) is 0 Å². The van der Waals surface area contributed by atoms with Gasteiger partial charge in [0.05, 0.1) is 0 Å². The van der Waals surface area contributed by atoms with E-state index >= 15 is 0 Å². The molecule has 0 spiro atoms. The Morgan fingerprint density at radius 2 is 1.88 bits per heavy atom. The maximum Gasteiger partial charge on any atom is -0.0383 e. The molecule has 0 bridgehead atoms. The van der Waals surface area contributed by atoms with E-state index in [2.05, 4.69) is 6.42 Å². The third-order valence-corrected chi connectivity index (χ3v) is 2.79. The summed E-state index contributed by atoms with van der Waals surface area (Å²) >= 11 is 0. The van der Waals surface area contributed by atoms with Gasteiger partial charge in [0.25, 0.3) is 0 Å². The van der Waals surface area contributed by atoms with Crippen molar-refractivity contribution in [2.45, 2.75) is 32.1 Å². The van der Waals surface area contributed by atoms with Gasteiger partial charge in [0.15, 0.2) is 0 Å². The van der Waals surface area contributed by atoms with Gasteiger partial charge in [-0.2, -0.15) is 0 Å². The second kappa shape index (κ2) is 1.75. The normalized spacial score (nSPS) is 45.0. The summed E-state index contributed by atoms with van der Waals surface area (Å²) in [5.74, 6) is 2.28. The van der Waals surface area contributed by atoms with Crippen molar-refractivity contribution in [1.29, 1.82) is 0 Å². The highest BCUT2D eigenvalue weighted by Gasteiger charge is 2.32. The third kappa shape index (κ3) is 0.586. The topological polar surface area (TPSA) is 0 Å². The molecule has 0 amide bonds. The number of hydrogen-bond donors (Lipinski definition) is 0. The summed E-state index contributed by atoms with van der Waals surface area (Å²) in [6, 6.07) is 0. The van der Waals surface area contributed by atoms with Crippen molar-refractivity contribution in [3.05, 3.63) is 6.42 Å². The molecule has 0 aliphatic heterocycles. The molecule has 0 heteroatoms. The van der Waals surface area contributed by atoms with Crippen LogP contribution in [0.4, 0.5) is 0 Å². The summed E-state index contributed by atoms with van der Waals surface area (Å²) in [5.41, 5.74) is 0. The molecule has 0 nitrogen and oxygen atoms in total. The van der Waals surface area contributed by atoms with E-state index in [1.165, 1.54) is 25.7 Å². The Morgan fingerprint density at radius 1 is 1.00 bits per heavy atom. The number of fused-ring (bicyclic) bond motifs is 1. The molecule has 45 valence electrons. The summed E-state index contributed by atoms with van der Waals surface area (Å²) in [6.45, 7) is 0. The molecule has 2 unspecified atom stereocenters. The molecule has 2 rings (SSSR count). The summed E-state index contributed by atoms with van der Waals surface area (Å²) < 4.78 is 0. The molecule has 0 aromatic heterocycles. The van der Waals surface area contributed by atoms with Crippen molar-refractivity contribution in [3.8, 4) is 0 Å². The van der Waals surface area contributed by atoms with E-state index in [1.54, 1.807) is 6.42 Å². The molecule has 2 atom stereocenters. The van der Waals surface area contributed by atoms with Crippen LogP contribution >= 0.6 is 0 Å². The minimum absolute atomic E-state index is 1.13. The van der Waals surface area contributed by atoms with Crippen LogP contribution in [-0.4, -0.2) is 0 Å². The Hall–Kier alpha value is 0. The van der Waals surface area contributed by atoms with Crippen molar-refractivity contribution < 1.29 is 0 Å². The lowest BCUT2D eigenvalue weighted by molar-refractivity contribution is 0.139. The van der Waals surface area contributed by atoms with Crippen LogP contribution in [0.15, 0.2) is 0 Å². The first-order valence-corrected chi connectivity index (χ1v) is 3.78. The fraction of sp³-hybridized carbons (Fsp3) is 0.875. The maximum absolute atomic E-state index is 2.47. The predicted octanol–water partition coefficient (Wildman–Crippen LogP) is 2.40. The van der Waals surface area contributed by atoms with Gasteiger partial charge in [0, 0.05) is 0 Å². The average Bonchev–Trinajstić information content (AvgIpc) is 1.72. The fourth-order valence-corrected chi connectivity index (χ4v) is 1.99. The first kappa shape index (κ1) is 4.84. The molecule has 1 radical (unpaired) electrons. The number of rotatable bonds is 0. The summed E-state index contributed by atoms with van der Waals surface area (Å²) in [5, 5.41) is 0. The molecule has 0 aromatic carbocycles. The van der Waals surface area contributed by atoms with Crippen molar-refractivity contribution in [2.75, 3.05) is 0 Å². The molecule has 2 fully saturated rings.